The second kappa shape index (κ2) is 3.85. The molecule has 12 heavy (non-hydrogen) atoms. The second-order valence-corrected chi connectivity index (χ2v) is 2.89. The molecule has 0 unspecified atom stereocenters. The molecule has 0 aromatic carbocycles. The first-order valence-corrected chi connectivity index (χ1v) is 3.90. The summed E-state index contributed by atoms with van der Waals surface area (Å²) in [4.78, 5) is 14.2. The fourth-order valence-corrected chi connectivity index (χ4v) is 0.936. The minimum absolute atomic E-state index is 0.368. The van der Waals surface area contributed by atoms with Gasteiger partial charge in [0.15, 0.2) is 6.29 Å². The zero-order valence-electron chi connectivity index (χ0n) is 7.24. The Morgan fingerprint density at radius 1 is 1.58 bits per heavy atom. The summed E-state index contributed by atoms with van der Waals surface area (Å²) in [6.07, 6.45) is 2.36. The molecule has 1 N–H and O–H groups in total. The van der Waals surface area contributed by atoms with E-state index >= 15 is 0 Å². The Balaban J connectivity index is 2.79. The number of rotatable bonds is 3. The third-order valence-corrected chi connectivity index (χ3v) is 1.36. The fourth-order valence-electron chi connectivity index (χ4n) is 0.936. The predicted octanol–water partition coefficient (Wildman–Crippen LogP) is 1.71. The van der Waals surface area contributed by atoms with Gasteiger partial charge in [0, 0.05) is 17.9 Å². The van der Waals surface area contributed by atoms with Crippen LogP contribution in [-0.2, 0) is 0 Å². The van der Waals surface area contributed by atoms with Crippen LogP contribution < -0.4 is 5.32 Å². The van der Waals surface area contributed by atoms with Crippen molar-refractivity contribution in [3.8, 4) is 0 Å². The number of aromatic nitrogens is 1. The Morgan fingerprint density at radius 3 is 2.92 bits per heavy atom. The summed E-state index contributed by atoms with van der Waals surface area (Å²) in [5, 5.41) is 3.18. The van der Waals surface area contributed by atoms with Crippen LogP contribution in [0.15, 0.2) is 18.3 Å². The van der Waals surface area contributed by atoms with Gasteiger partial charge >= 0.3 is 0 Å². The molecular formula is C9H12N2O. The van der Waals surface area contributed by atoms with Crippen molar-refractivity contribution in [3.05, 3.63) is 24.0 Å². The second-order valence-electron chi connectivity index (χ2n) is 2.89. The number of pyridine rings is 1. The minimum atomic E-state index is 0.368. The van der Waals surface area contributed by atoms with Gasteiger partial charge < -0.3 is 5.32 Å². The van der Waals surface area contributed by atoms with Crippen LogP contribution in [0.2, 0.25) is 0 Å². The number of nitrogens with zero attached hydrogens (tertiary/aromatic N) is 1. The summed E-state index contributed by atoms with van der Waals surface area (Å²) in [5.41, 5.74) is 1.39. The lowest BCUT2D eigenvalue weighted by Crippen LogP contribution is -2.09. The largest absolute Gasteiger partial charge is 0.383 e. The molecule has 0 spiro atoms. The van der Waals surface area contributed by atoms with E-state index < -0.39 is 0 Å². The van der Waals surface area contributed by atoms with Gasteiger partial charge in [0.2, 0.25) is 0 Å². The predicted molar refractivity (Wildman–Crippen MR) is 48.4 cm³/mol. The number of nitrogens with one attached hydrogen (secondary N) is 1. The fraction of sp³-hybridized carbons (Fsp3) is 0.333. The van der Waals surface area contributed by atoms with Gasteiger partial charge in [-0.3, -0.25) is 9.78 Å². The van der Waals surface area contributed by atoms with Crippen molar-refractivity contribution in [2.75, 3.05) is 5.32 Å². The normalized spacial score (nSPS) is 9.92. The highest BCUT2D eigenvalue weighted by Crippen LogP contribution is 2.07. The Labute approximate surface area is 71.8 Å². The topological polar surface area (TPSA) is 42.0 Å². The molecule has 1 aromatic heterocycles. The lowest BCUT2D eigenvalue weighted by molar-refractivity contribution is 0.111. The summed E-state index contributed by atoms with van der Waals surface area (Å²) >= 11 is 0. The number of aldehydes is 1. The molecule has 0 radical (unpaired) electrons. The van der Waals surface area contributed by atoms with Crippen LogP contribution in [0.1, 0.15) is 24.3 Å². The van der Waals surface area contributed by atoms with E-state index in [4.69, 9.17) is 0 Å². The number of hydrogen-bond acceptors (Lipinski definition) is 3. The van der Waals surface area contributed by atoms with Crippen molar-refractivity contribution < 1.29 is 4.79 Å². The minimum Gasteiger partial charge on any atom is -0.383 e. The lowest BCUT2D eigenvalue weighted by atomic mass is 10.3. The molecule has 3 heteroatoms. The summed E-state index contributed by atoms with van der Waals surface area (Å²) in [7, 11) is 0. The maximum atomic E-state index is 10.4. The van der Waals surface area contributed by atoms with Gasteiger partial charge in [-0.2, -0.15) is 0 Å². The summed E-state index contributed by atoms with van der Waals surface area (Å²) < 4.78 is 0. The van der Waals surface area contributed by atoms with Crippen LogP contribution >= 0.6 is 0 Å². The van der Waals surface area contributed by atoms with Gasteiger partial charge in [-0.25, -0.2) is 0 Å². The Morgan fingerprint density at radius 2 is 2.33 bits per heavy atom. The average molecular weight is 164 g/mol. The van der Waals surface area contributed by atoms with Crippen molar-refractivity contribution in [2.24, 2.45) is 0 Å². The zero-order valence-corrected chi connectivity index (χ0v) is 7.24. The molecule has 1 heterocycles. The SMILES string of the molecule is CC(C)Nc1ccnc(C=O)c1. The van der Waals surface area contributed by atoms with Crippen LogP contribution in [0.4, 0.5) is 5.69 Å². The van der Waals surface area contributed by atoms with Crippen molar-refractivity contribution in [3.63, 3.8) is 0 Å². The van der Waals surface area contributed by atoms with Crippen molar-refractivity contribution >= 4 is 12.0 Å². The van der Waals surface area contributed by atoms with Crippen molar-refractivity contribution in [2.45, 2.75) is 19.9 Å². The van der Waals surface area contributed by atoms with E-state index in [0.29, 0.717) is 11.7 Å². The van der Waals surface area contributed by atoms with E-state index in [9.17, 15) is 4.79 Å². The lowest BCUT2D eigenvalue weighted by Gasteiger charge is -2.08. The highest BCUT2D eigenvalue weighted by atomic mass is 16.1. The highest BCUT2D eigenvalue weighted by Gasteiger charge is 1.96. The maximum absolute atomic E-state index is 10.4. The van der Waals surface area contributed by atoms with E-state index in [1.54, 1.807) is 12.3 Å². The molecule has 0 aliphatic carbocycles. The van der Waals surface area contributed by atoms with Crippen LogP contribution in [0.3, 0.4) is 0 Å². The van der Waals surface area contributed by atoms with E-state index in [1.807, 2.05) is 19.9 Å². The van der Waals surface area contributed by atoms with E-state index in [0.717, 1.165) is 12.0 Å². The van der Waals surface area contributed by atoms with E-state index in [-0.39, 0.29) is 0 Å². The van der Waals surface area contributed by atoms with Crippen LogP contribution in [0, 0.1) is 0 Å². The zero-order chi connectivity index (χ0) is 8.97. The van der Waals surface area contributed by atoms with Gasteiger partial charge in [-0.1, -0.05) is 0 Å². The molecule has 64 valence electrons. The molecule has 3 nitrogen and oxygen atoms in total. The average Bonchev–Trinajstić information content (AvgIpc) is 2.03. The molecule has 1 rings (SSSR count). The maximum Gasteiger partial charge on any atom is 0.168 e. The molecular weight excluding hydrogens is 152 g/mol. The van der Waals surface area contributed by atoms with Crippen molar-refractivity contribution in [1.82, 2.24) is 4.98 Å². The standard InChI is InChI=1S/C9H12N2O/c1-7(2)11-8-3-4-10-9(5-8)6-12/h3-7H,1-2H3,(H,10,11). The van der Waals surface area contributed by atoms with Crippen LogP contribution in [0.5, 0.6) is 0 Å². The van der Waals surface area contributed by atoms with E-state index in [1.165, 1.54) is 0 Å². The monoisotopic (exact) mass is 164 g/mol. The Bertz CT molecular complexity index is 271. The summed E-state index contributed by atoms with van der Waals surface area (Å²) in [6, 6.07) is 3.94. The molecule has 0 aliphatic heterocycles. The molecule has 1 aromatic rings. The van der Waals surface area contributed by atoms with Gasteiger partial charge in [0.05, 0.1) is 0 Å². The molecule has 0 bridgehead atoms. The number of carbonyl (C=O) groups excluding carboxylic acids is 1. The number of anilines is 1. The third-order valence-electron chi connectivity index (χ3n) is 1.36. The van der Waals surface area contributed by atoms with Gasteiger partial charge in [0.25, 0.3) is 0 Å². The van der Waals surface area contributed by atoms with Crippen LogP contribution in [-0.4, -0.2) is 17.3 Å². The number of carbonyl (C=O) groups is 1. The van der Waals surface area contributed by atoms with Crippen LogP contribution in [0.25, 0.3) is 0 Å². The molecule has 0 saturated carbocycles. The van der Waals surface area contributed by atoms with Gasteiger partial charge in [-0.15, -0.1) is 0 Å². The smallest absolute Gasteiger partial charge is 0.168 e. The first kappa shape index (κ1) is 8.71. The molecule has 0 atom stereocenters. The summed E-state index contributed by atoms with van der Waals surface area (Å²) in [5.74, 6) is 0. The van der Waals surface area contributed by atoms with Crippen molar-refractivity contribution in [1.29, 1.82) is 0 Å². The molecule has 0 aliphatic rings. The Hall–Kier alpha value is -1.38. The number of hydrogen-bond donors (Lipinski definition) is 1. The summed E-state index contributed by atoms with van der Waals surface area (Å²) in [6.45, 7) is 4.09. The molecule has 0 amide bonds. The van der Waals surface area contributed by atoms with Gasteiger partial charge in [-0.05, 0) is 26.0 Å². The van der Waals surface area contributed by atoms with E-state index in [2.05, 4.69) is 10.3 Å². The molecule has 0 fully saturated rings. The Kier molecular flexibility index (Phi) is 2.80. The first-order valence-electron chi connectivity index (χ1n) is 3.90. The quantitative estimate of drug-likeness (QED) is 0.691. The first-order chi connectivity index (χ1) is 5.72. The highest BCUT2D eigenvalue weighted by molar-refractivity contribution is 5.73. The van der Waals surface area contributed by atoms with Gasteiger partial charge in [0.1, 0.15) is 5.69 Å². The molecule has 0 saturated heterocycles. The third kappa shape index (κ3) is 2.34.